The molecule has 3 rings (SSSR count). The predicted octanol–water partition coefficient (Wildman–Crippen LogP) is 3.89. The predicted molar refractivity (Wildman–Crippen MR) is 168 cm³/mol. The van der Waals surface area contributed by atoms with E-state index in [4.69, 9.17) is 18.9 Å². The van der Waals surface area contributed by atoms with Crippen molar-refractivity contribution in [2.45, 2.75) is 40.7 Å². The normalized spacial score (nSPS) is 10.4. The number of amides is 2. The van der Waals surface area contributed by atoms with Crippen molar-refractivity contribution >= 4 is 41.7 Å². The third-order valence-electron chi connectivity index (χ3n) is 6.58. The molecule has 0 aliphatic carbocycles. The number of ether oxygens (including phenoxy) is 4. The summed E-state index contributed by atoms with van der Waals surface area (Å²) < 4.78 is 20.8. The topological polar surface area (TPSA) is 183 Å². The summed E-state index contributed by atoms with van der Waals surface area (Å²) in [4.78, 5) is 89.1. The van der Waals surface area contributed by atoms with E-state index in [1.165, 1.54) is 59.3 Å². The Morgan fingerprint density at radius 3 is 1.52 bits per heavy atom. The fourth-order valence-electron chi connectivity index (χ4n) is 4.64. The van der Waals surface area contributed by atoms with Gasteiger partial charge in [-0.05, 0) is 42.3 Å². The van der Waals surface area contributed by atoms with Crippen molar-refractivity contribution < 1.29 is 57.6 Å². The average molecular weight is 663 g/mol. The molecule has 3 aromatic rings. The maximum Gasteiger partial charge on any atom is 0.336 e. The minimum atomic E-state index is -1.21. The van der Waals surface area contributed by atoms with Crippen LogP contribution in [-0.2, 0) is 25.7 Å². The van der Waals surface area contributed by atoms with Gasteiger partial charge in [-0.3, -0.25) is 28.8 Å². The number of nitrogens with zero attached hydrogens (tertiary/aromatic N) is 2. The molecular formula is C34H34N2O12. The van der Waals surface area contributed by atoms with E-state index >= 15 is 0 Å². The summed E-state index contributed by atoms with van der Waals surface area (Å²) in [7, 11) is 1.48. The lowest BCUT2D eigenvalue weighted by atomic mass is 10.1. The summed E-state index contributed by atoms with van der Waals surface area (Å²) in [6.45, 7) is 4.39. The van der Waals surface area contributed by atoms with Crippen LogP contribution in [0.3, 0.4) is 0 Å². The molecule has 0 spiro atoms. The lowest BCUT2D eigenvalue weighted by Crippen LogP contribution is -2.35. The van der Waals surface area contributed by atoms with Gasteiger partial charge in [-0.2, -0.15) is 0 Å². The Bertz CT molecular complexity index is 1750. The van der Waals surface area contributed by atoms with Gasteiger partial charge < -0.3 is 33.9 Å². The van der Waals surface area contributed by atoms with E-state index < -0.39 is 41.7 Å². The van der Waals surface area contributed by atoms with Crippen molar-refractivity contribution in [1.82, 2.24) is 9.80 Å². The molecule has 0 fully saturated rings. The molecule has 2 amide bonds. The van der Waals surface area contributed by atoms with E-state index in [1.807, 2.05) is 0 Å². The van der Waals surface area contributed by atoms with E-state index in [9.17, 15) is 38.7 Å². The van der Waals surface area contributed by atoms with E-state index in [1.54, 1.807) is 18.2 Å². The Hall–Kier alpha value is -6.05. The van der Waals surface area contributed by atoms with E-state index in [0.29, 0.717) is 5.56 Å². The second kappa shape index (κ2) is 16.5. The summed E-state index contributed by atoms with van der Waals surface area (Å²) in [5, 5.41) is 9.75. The van der Waals surface area contributed by atoms with Crippen LogP contribution >= 0.6 is 0 Å². The first-order chi connectivity index (χ1) is 22.7. The number of carbonyl (C=O) groups excluding carboxylic acids is 6. The molecule has 0 bridgehead atoms. The summed E-state index contributed by atoms with van der Waals surface area (Å²) in [6, 6.07) is 14.5. The van der Waals surface area contributed by atoms with Crippen LogP contribution in [0.25, 0.3) is 0 Å². The largest absolute Gasteiger partial charge is 0.478 e. The fourth-order valence-corrected chi connectivity index (χ4v) is 4.64. The Morgan fingerprint density at radius 1 is 0.583 bits per heavy atom. The van der Waals surface area contributed by atoms with E-state index in [0.717, 1.165) is 27.7 Å². The van der Waals surface area contributed by atoms with Gasteiger partial charge in [0.2, 0.25) is 0 Å². The summed E-state index contributed by atoms with van der Waals surface area (Å²) in [6.07, 6.45) is 0.169. The van der Waals surface area contributed by atoms with Crippen molar-refractivity contribution in [3.63, 3.8) is 0 Å². The van der Waals surface area contributed by atoms with Crippen LogP contribution in [0.4, 0.5) is 0 Å². The van der Waals surface area contributed by atoms with Crippen molar-refractivity contribution in [3.05, 3.63) is 82.9 Å². The number of carboxylic acid groups (broad SMARTS) is 1. The van der Waals surface area contributed by atoms with Gasteiger partial charge in [0, 0.05) is 54.4 Å². The lowest BCUT2D eigenvalue weighted by molar-refractivity contribution is -0.134. The molecule has 14 heteroatoms. The first kappa shape index (κ1) is 36.4. The Labute approximate surface area is 275 Å². The van der Waals surface area contributed by atoms with Crippen LogP contribution in [0.2, 0.25) is 0 Å². The van der Waals surface area contributed by atoms with Crippen molar-refractivity contribution in [2.24, 2.45) is 0 Å². The van der Waals surface area contributed by atoms with Crippen molar-refractivity contribution in [3.8, 4) is 23.0 Å². The Kier molecular flexibility index (Phi) is 12.5. The zero-order valence-electron chi connectivity index (χ0n) is 26.9. The number of para-hydroxylation sites is 2. The zero-order chi connectivity index (χ0) is 35.5. The van der Waals surface area contributed by atoms with Gasteiger partial charge in [0.25, 0.3) is 11.8 Å². The van der Waals surface area contributed by atoms with Crippen LogP contribution < -0.4 is 18.9 Å². The molecule has 0 atom stereocenters. The van der Waals surface area contributed by atoms with Gasteiger partial charge >= 0.3 is 29.8 Å². The second-order valence-electron chi connectivity index (χ2n) is 10.4. The fraction of sp³-hybridized carbons (Fsp3) is 0.265. The SMILES string of the molecule is CC(=O)Oc1cccc(C(=O)N(C)CCCN(Cc2ccccc2C(=O)O)C(=O)c2cccc(OC(C)=O)c2OC(C)=O)c1OC(C)=O. The molecule has 0 radical (unpaired) electrons. The number of hydrogen-bond donors (Lipinski definition) is 1. The van der Waals surface area contributed by atoms with E-state index in [2.05, 4.69) is 0 Å². The molecule has 0 saturated heterocycles. The lowest BCUT2D eigenvalue weighted by Gasteiger charge is -2.26. The zero-order valence-corrected chi connectivity index (χ0v) is 26.9. The third kappa shape index (κ3) is 9.72. The summed E-state index contributed by atoms with van der Waals surface area (Å²) in [5.74, 6) is -6.21. The summed E-state index contributed by atoms with van der Waals surface area (Å²) in [5.41, 5.74) is 0.0842. The van der Waals surface area contributed by atoms with Crippen LogP contribution in [0, 0.1) is 0 Å². The monoisotopic (exact) mass is 662 g/mol. The van der Waals surface area contributed by atoms with Gasteiger partial charge in [0.1, 0.15) is 0 Å². The maximum atomic E-state index is 14.1. The highest BCUT2D eigenvalue weighted by Gasteiger charge is 2.27. The number of aromatic carboxylic acids is 1. The number of esters is 4. The molecule has 1 N–H and O–H groups in total. The smallest absolute Gasteiger partial charge is 0.336 e. The minimum absolute atomic E-state index is 0.0218. The van der Waals surface area contributed by atoms with Crippen LogP contribution in [0.1, 0.15) is 70.8 Å². The van der Waals surface area contributed by atoms with Gasteiger partial charge in [0.05, 0.1) is 16.7 Å². The molecule has 3 aromatic carbocycles. The van der Waals surface area contributed by atoms with Crippen LogP contribution in [0.15, 0.2) is 60.7 Å². The second-order valence-corrected chi connectivity index (χ2v) is 10.4. The minimum Gasteiger partial charge on any atom is -0.478 e. The van der Waals surface area contributed by atoms with Gasteiger partial charge in [0.15, 0.2) is 23.0 Å². The molecule has 0 aromatic heterocycles. The molecule has 0 saturated carbocycles. The highest BCUT2D eigenvalue weighted by molar-refractivity contribution is 6.00. The summed E-state index contributed by atoms with van der Waals surface area (Å²) >= 11 is 0. The number of carbonyl (C=O) groups is 7. The number of carboxylic acids is 1. The molecule has 14 nitrogen and oxygen atoms in total. The first-order valence-electron chi connectivity index (χ1n) is 14.5. The van der Waals surface area contributed by atoms with Gasteiger partial charge in [-0.25, -0.2) is 4.79 Å². The molecule has 0 aliphatic rings. The van der Waals surface area contributed by atoms with E-state index in [-0.39, 0.29) is 65.7 Å². The molecule has 0 heterocycles. The standard InChI is InChI=1S/C34H34N2O12/c1-20(37)45-28-15-8-13-26(30(28)47-22(3)39)32(41)35(5)17-10-18-36(19-24-11-6-7-12-25(24)34(43)44)33(42)27-14-9-16-29(46-21(2)38)31(27)48-23(4)40/h6-9,11-16H,10,17-19H2,1-5H3,(H,43,44). The molecule has 0 unspecified atom stereocenters. The highest BCUT2D eigenvalue weighted by Crippen LogP contribution is 2.34. The Morgan fingerprint density at radius 2 is 1.04 bits per heavy atom. The number of benzene rings is 3. The average Bonchev–Trinajstić information content (AvgIpc) is 3.00. The first-order valence-corrected chi connectivity index (χ1v) is 14.5. The van der Waals surface area contributed by atoms with Crippen LogP contribution in [-0.4, -0.2) is 76.7 Å². The Balaban J connectivity index is 1.94. The quantitative estimate of drug-likeness (QED) is 0.206. The molecule has 0 aliphatic heterocycles. The van der Waals surface area contributed by atoms with Gasteiger partial charge in [-0.15, -0.1) is 0 Å². The molecule has 252 valence electrons. The third-order valence-corrected chi connectivity index (χ3v) is 6.58. The van der Waals surface area contributed by atoms with Crippen molar-refractivity contribution in [2.75, 3.05) is 20.1 Å². The number of rotatable bonds is 13. The highest BCUT2D eigenvalue weighted by atomic mass is 16.6. The van der Waals surface area contributed by atoms with Crippen LogP contribution in [0.5, 0.6) is 23.0 Å². The molecular weight excluding hydrogens is 628 g/mol. The number of hydrogen-bond acceptors (Lipinski definition) is 11. The molecule has 48 heavy (non-hydrogen) atoms. The maximum absolute atomic E-state index is 14.1. The van der Waals surface area contributed by atoms with Gasteiger partial charge in [-0.1, -0.05) is 30.3 Å². The van der Waals surface area contributed by atoms with Crippen molar-refractivity contribution in [1.29, 1.82) is 0 Å².